The first kappa shape index (κ1) is 51.9. The van der Waals surface area contributed by atoms with Crippen LogP contribution in [0.15, 0.2) is 206 Å². The minimum absolute atomic E-state index is 0.0823. The van der Waals surface area contributed by atoms with Gasteiger partial charge in [-0.2, -0.15) is 0 Å². The van der Waals surface area contributed by atoms with Crippen molar-refractivity contribution < 1.29 is 30.9 Å². The van der Waals surface area contributed by atoms with Crippen LogP contribution in [0.25, 0.3) is 99.6 Å². The molecule has 0 bridgehead atoms. The molecule has 9 aromatic carbocycles. The van der Waals surface area contributed by atoms with E-state index < -0.39 is 23.5 Å². The van der Waals surface area contributed by atoms with Crippen molar-refractivity contribution in [3.63, 3.8) is 0 Å². The third-order valence-corrected chi connectivity index (χ3v) is 18.4. The summed E-state index contributed by atoms with van der Waals surface area (Å²) in [4.78, 5) is 4.98. The Morgan fingerprint density at radius 2 is 0.908 bits per heavy atom. The Kier molecular flexibility index (Phi) is 12.5. The Hall–Kier alpha value is -8.31. The molecule has 0 spiro atoms. The van der Waals surface area contributed by atoms with Gasteiger partial charge < -0.3 is 0 Å². The van der Waals surface area contributed by atoms with Crippen molar-refractivity contribution in [2.45, 2.75) is 131 Å². The van der Waals surface area contributed by atoms with E-state index in [-0.39, 0.29) is 39.3 Å². The van der Waals surface area contributed by atoms with E-state index in [1.54, 1.807) is 0 Å². The van der Waals surface area contributed by atoms with Gasteiger partial charge in [-0.1, -0.05) is 32.9 Å². The van der Waals surface area contributed by atoms with Crippen LogP contribution < -0.4 is 4.74 Å². The van der Waals surface area contributed by atoms with Gasteiger partial charge in [-0.25, -0.2) is 0 Å². The number of hydrogen-bond acceptors (Lipinski definition) is 2. The molecule has 6 nitrogen and oxygen atoms in total. The number of nitrogens with zero attached hydrogens (tertiary/aromatic N) is 5. The standard InChI is InChI=1S/C80H79N5O.Pt/c1-76(2,3)53-32-34-58(35-33-53)84-67-29-21-20-27-62(67)64-28-23-31-70-75(64)83(50-82(70)74-65(51-24-17-16-18-25-51)45-57(80(13,14)15)46-66(74)52-42-55(78(7,8)9)44-56(43-52)79(10,11)12)72-49-60(37-39-69(72)84)86-59-36-38-63-61-26-19-22-30-68(61)85(71(63)48-59)73-47-54(40-41-81-73)77(4,5)6;/h16-49H,1-15H3;/i16D,17D,18D,24D,25D;. The van der Waals surface area contributed by atoms with Crippen LogP contribution >= 0.6 is 0 Å². The zero-order chi connectivity index (χ0) is 65.6. The molecule has 0 unspecified atom stereocenters. The molecule has 4 heterocycles. The van der Waals surface area contributed by atoms with Crippen molar-refractivity contribution in [2.24, 2.45) is 0 Å². The van der Waals surface area contributed by atoms with Crippen LogP contribution in [0.2, 0.25) is 0 Å². The topological polar surface area (TPSA) is 41.3 Å². The number of imidazole rings is 1. The first-order valence-electron chi connectivity index (χ1n) is 32.8. The van der Waals surface area contributed by atoms with Gasteiger partial charge in [-0.15, -0.1) is 0 Å². The van der Waals surface area contributed by atoms with Crippen LogP contribution in [0.1, 0.15) is 139 Å². The molecule has 0 aliphatic heterocycles. The summed E-state index contributed by atoms with van der Waals surface area (Å²) in [6, 6.07) is 59.0. The summed E-state index contributed by atoms with van der Waals surface area (Å²) >= 11 is 2.48. The minimum atomic E-state index is -0.441. The number of para-hydroxylation sites is 3. The van der Waals surface area contributed by atoms with Crippen molar-refractivity contribution in [1.82, 2.24) is 23.1 Å². The van der Waals surface area contributed by atoms with E-state index in [1.807, 2.05) is 6.20 Å². The Labute approximate surface area is 530 Å². The Balaban J connectivity index is 1.19. The predicted octanol–water partition coefficient (Wildman–Crippen LogP) is 21.7. The third-order valence-electron chi connectivity index (χ3n) is 17.3. The van der Waals surface area contributed by atoms with Crippen LogP contribution in [-0.4, -0.2) is 23.1 Å². The van der Waals surface area contributed by atoms with E-state index in [0.29, 0.717) is 22.7 Å². The van der Waals surface area contributed by atoms with Crippen LogP contribution in [-0.2, 0) is 46.4 Å². The van der Waals surface area contributed by atoms with Crippen molar-refractivity contribution in [3.8, 4) is 50.9 Å². The van der Waals surface area contributed by atoms with Gasteiger partial charge in [0.25, 0.3) is 0 Å². The number of pyridine rings is 1. The molecular weight excluding hydrogens is 1240 g/mol. The normalized spacial score (nSPS) is 13.6. The zero-order valence-electron chi connectivity index (χ0n) is 57.7. The van der Waals surface area contributed by atoms with Gasteiger partial charge in [-0.05, 0) is 17.0 Å². The van der Waals surface area contributed by atoms with E-state index in [9.17, 15) is 5.48 Å². The SMILES string of the molecule is [2H]c1c([2H])c([2H])c(-c2cc(C(C)(C)C)cc(-c3cc(C(C)(C)C)cc(C(C)(C)C)c3)c2-n2[c](=[Pt])n3c4cc(Oc5ccc6c7ccccc7n(-c7cc(C(C)(C)C)ccn7)c6c5)ccc4n(-c4ccc(C(C)(C)C)cc4)c4ccccc4c4cccc2c43)c([2H])c1[2H]. The third kappa shape index (κ3) is 10.3. The molecule has 0 amide bonds. The maximum absolute atomic E-state index is 9.82. The van der Waals surface area contributed by atoms with Gasteiger partial charge in [0.15, 0.2) is 0 Å². The van der Waals surface area contributed by atoms with Gasteiger partial charge in [-0.3, -0.25) is 0 Å². The van der Waals surface area contributed by atoms with E-state index in [4.69, 9.17) is 11.1 Å². The Bertz CT molecular complexity index is 5240. The molecule has 0 saturated heterocycles. The fourth-order valence-corrected chi connectivity index (χ4v) is 13.4. The summed E-state index contributed by atoms with van der Waals surface area (Å²) in [7, 11) is 0. The summed E-state index contributed by atoms with van der Waals surface area (Å²) in [5, 5.41) is 4.20. The van der Waals surface area contributed by atoms with Crippen LogP contribution in [0, 0.1) is 3.80 Å². The van der Waals surface area contributed by atoms with Gasteiger partial charge >= 0.3 is 478 Å². The molecule has 440 valence electrons. The Morgan fingerprint density at radius 3 is 1.53 bits per heavy atom. The Morgan fingerprint density at radius 1 is 0.391 bits per heavy atom. The number of aromatic nitrogens is 5. The summed E-state index contributed by atoms with van der Waals surface area (Å²) in [6.45, 7) is 33.4. The van der Waals surface area contributed by atoms with Gasteiger partial charge in [0, 0.05) is 6.20 Å². The first-order chi connectivity index (χ1) is 43.3. The summed E-state index contributed by atoms with van der Waals surface area (Å²) in [5.74, 6) is 2.10. The van der Waals surface area contributed by atoms with Crippen molar-refractivity contribution in [1.29, 1.82) is 0 Å². The quantitative estimate of drug-likeness (QED) is 0.160. The molecule has 0 saturated carbocycles. The van der Waals surface area contributed by atoms with Crippen molar-refractivity contribution >= 4 is 60.2 Å². The number of hydrogen-bond donors (Lipinski definition) is 0. The second-order valence-electron chi connectivity index (χ2n) is 28.6. The molecule has 0 radical (unpaired) electrons. The van der Waals surface area contributed by atoms with Gasteiger partial charge in [0.2, 0.25) is 0 Å². The fourth-order valence-electron chi connectivity index (χ4n) is 12.4. The average Bonchev–Trinajstić information content (AvgIpc) is 1.49. The molecule has 13 aromatic rings. The van der Waals surface area contributed by atoms with Crippen LogP contribution in [0.3, 0.4) is 0 Å². The first-order valence-corrected chi connectivity index (χ1v) is 31.4. The van der Waals surface area contributed by atoms with Crippen LogP contribution in [0.4, 0.5) is 0 Å². The van der Waals surface area contributed by atoms with E-state index in [0.717, 1.165) is 103 Å². The molecule has 7 heteroatoms. The number of rotatable bonds is 7. The zero-order valence-corrected chi connectivity index (χ0v) is 55.0. The summed E-state index contributed by atoms with van der Waals surface area (Å²) < 4.78 is 64.2. The fraction of sp³-hybridized carbons (Fsp3) is 0.250. The molecular formula is C80H79N5OPt. The van der Waals surface area contributed by atoms with Crippen molar-refractivity contribution in [3.05, 3.63) is 238 Å². The maximum atomic E-state index is 9.82. The molecule has 13 rings (SSSR count). The van der Waals surface area contributed by atoms with E-state index in [2.05, 4.69) is 311 Å². The van der Waals surface area contributed by atoms with E-state index in [1.165, 1.54) is 11.1 Å². The number of benzene rings is 9. The van der Waals surface area contributed by atoms with Gasteiger partial charge in [0.1, 0.15) is 0 Å². The molecule has 87 heavy (non-hydrogen) atoms. The molecule has 4 aromatic heterocycles. The summed E-state index contributed by atoms with van der Waals surface area (Å²) in [6.07, 6.45) is 1.91. The number of ether oxygens (including phenoxy) is 1. The van der Waals surface area contributed by atoms with Crippen LogP contribution in [0.5, 0.6) is 11.5 Å². The van der Waals surface area contributed by atoms with Gasteiger partial charge in [0.05, 0.1) is 0 Å². The second kappa shape index (κ2) is 20.9. The van der Waals surface area contributed by atoms with E-state index >= 15 is 0 Å². The molecule has 0 atom stereocenters. The average molecular weight is 1330 g/mol. The molecule has 0 aliphatic carbocycles. The molecule has 0 fully saturated rings. The number of fused-ring (bicyclic) bond motifs is 7. The van der Waals surface area contributed by atoms with Crippen molar-refractivity contribution in [2.75, 3.05) is 0 Å². The second-order valence-corrected chi connectivity index (χ2v) is 29.7. The molecule has 0 aliphatic rings. The molecule has 0 N–H and O–H groups in total. The predicted molar refractivity (Wildman–Crippen MR) is 364 cm³/mol. The summed E-state index contributed by atoms with van der Waals surface area (Å²) in [5.41, 5.74) is 15.2. The monoisotopic (exact) mass is 1330 g/mol.